The Bertz CT molecular complexity index is 815. The number of nitrogens with one attached hydrogen (secondary N) is 1. The van der Waals surface area contributed by atoms with Crippen molar-refractivity contribution >= 4 is 6.29 Å². The van der Waals surface area contributed by atoms with E-state index in [1.54, 1.807) is 6.08 Å². The molecule has 0 heterocycles. The van der Waals surface area contributed by atoms with E-state index in [0.717, 1.165) is 37.2 Å². The molecule has 0 aromatic heterocycles. The molecule has 0 aliphatic heterocycles. The average molecular weight is 432 g/mol. The molecule has 4 nitrogen and oxygen atoms in total. The van der Waals surface area contributed by atoms with Gasteiger partial charge in [0.15, 0.2) is 11.6 Å². The number of benzene rings is 1. The molecule has 0 amide bonds. The summed E-state index contributed by atoms with van der Waals surface area (Å²) in [5.74, 6) is -1.74. The third-order valence-electron chi connectivity index (χ3n) is 5.12. The molecule has 1 atom stereocenters. The van der Waals surface area contributed by atoms with E-state index in [0.29, 0.717) is 36.1 Å². The molecular formula is C25H35F2N3O. The van der Waals surface area contributed by atoms with Crippen molar-refractivity contribution in [3.63, 3.8) is 0 Å². The van der Waals surface area contributed by atoms with E-state index in [1.807, 2.05) is 18.0 Å². The molecule has 170 valence electrons. The van der Waals surface area contributed by atoms with Gasteiger partial charge in [0.25, 0.3) is 0 Å². The summed E-state index contributed by atoms with van der Waals surface area (Å²) in [5, 5.41) is 3.15. The van der Waals surface area contributed by atoms with Crippen molar-refractivity contribution in [2.75, 3.05) is 20.6 Å². The van der Waals surface area contributed by atoms with Gasteiger partial charge in [-0.25, -0.2) is 8.78 Å². The lowest BCUT2D eigenvalue weighted by molar-refractivity contribution is -0.104. The molecule has 0 saturated heterocycles. The van der Waals surface area contributed by atoms with Crippen LogP contribution < -0.4 is 5.32 Å². The number of unbranched alkanes of at least 4 members (excludes halogenated alkanes) is 1. The van der Waals surface area contributed by atoms with Gasteiger partial charge in [0.05, 0.1) is 0 Å². The lowest BCUT2D eigenvalue weighted by Crippen LogP contribution is -2.38. The van der Waals surface area contributed by atoms with Crippen LogP contribution in [0.2, 0.25) is 0 Å². The van der Waals surface area contributed by atoms with Gasteiger partial charge in [0.2, 0.25) is 0 Å². The van der Waals surface area contributed by atoms with Crippen LogP contribution in [0.15, 0.2) is 66.7 Å². The van der Waals surface area contributed by atoms with E-state index >= 15 is 0 Å². The molecule has 1 unspecified atom stereocenters. The highest BCUT2D eigenvalue weighted by Gasteiger charge is 2.16. The van der Waals surface area contributed by atoms with Gasteiger partial charge < -0.3 is 15.1 Å². The van der Waals surface area contributed by atoms with Gasteiger partial charge in [-0.05, 0) is 56.8 Å². The summed E-state index contributed by atoms with van der Waals surface area (Å²) in [6.07, 6.45) is 9.09. The van der Waals surface area contributed by atoms with Gasteiger partial charge in [-0.2, -0.15) is 0 Å². The Balaban J connectivity index is 3.00. The molecule has 1 N–H and O–H groups in total. The Morgan fingerprint density at radius 2 is 1.97 bits per heavy atom. The van der Waals surface area contributed by atoms with Gasteiger partial charge in [0, 0.05) is 42.8 Å². The number of allylic oxidation sites excluding steroid dienone is 3. The highest BCUT2D eigenvalue weighted by atomic mass is 19.2. The van der Waals surface area contributed by atoms with Crippen LogP contribution in [0.3, 0.4) is 0 Å². The zero-order valence-corrected chi connectivity index (χ0v) is 19.1. The molecule has 1 aromatic carbocycles. The molecule has 1 rings (SSSR count). The van der Waals surface area contributed by atoms with E-state index in [4.69, 9.17) is 0 Å². The van der Waals surface area contributed by atoms with E-state index in [1.165, 1.54) is 18.2 Å². The first-order chi connectivity index (χ1) is 14.7. The number of hydrogen-bond donors (Lipinski definition) is 1. The second-order valence-corrected chi connectivity index (χ2v) is 7.74. The van der Waals surface area contributed by atoms with E-state index < -0.39 is 11.6 Å². The number of rotatable bonds is 14. The van der Waals surface area contributed by atoms with Crippen LogP contribution in [-0.4, -0.2) is 42.8 Å². The monoisotopic (exact) mass is 431 g/mol. The Labute approximate surface area is 185 Å². The number of nitrogens with zero attached hydrogens (tertiary/aromatic N) is 2. The van der Waals surface area contributed by atoms with Gasteiger partial charge in [-0.3, -0.25) is 4.79 Å². The summed E-state index contributed by atoms with van der Waals surface area (Å²) in [6, 6.07) is 4.10. The smallest absolute Gasteiger partial charge is 0.159 e. The van der Waals surface area contributed by atoms with Crippen LogP contribution in [0, 0.1) is 11.6 Å². The van der Waals surface area contributed by atoms with Gasteiger partial charge in [-0.1, -0.05) is 39.0 Å². The van der Waals surface area contributed by atoms with Gasteiger partial charge in [0.1, 0.15) is 6.29 Å². The largest absolute Gasteiger partial charge is 0.381 e. The van der Waals surface area contributed by atoms with Crippen molar-refractivity contribution < 1.29 is 13.6 Å². The number of likely N-dealkylation sites (N-methyl/N-ethyl adjacent to an activating group) is 1. The first-order valence-corrected chi connectivity index (χ1v) is 10.5. The number of halogens is 2. The predicted molar refractivity (Wildman–Crippen MR) is 124 cm³/mol. The molecule has 0 fully saturated rings. The highest BCUT2D eigenvalue weighted by Crippen LogP contribution is 2.17. The van der Waals surface area contributed by atoms with Gasteiger partial charge >= 0.3 is 0 Å². The summed E-state index contributed by atoms with van der Waals surface area (Å²) in [4.78, 5) is 15.3. The van der Waals surface area contributed by atoms with Crippen molar-refractivity contribution in [1.29, 1.82) is 0 Å². The van der Waals surface area contributed by atoms with Crippen molar-refractivity contribution in [1.82, 2.24) is 15.1 Å². The SMILES string of the molecule is C=C/C(=C/C=O)N(/C=C(\C)C(=C)NCc1ccc(F)c(F)c1)CC(CCCC)N(C)C. The maximum absolute atomic E-state index is 13.4. The summed E-state index contributed by atoms with van der Waals surface area (Å²) in [6.45, 7) is 13.0. The van der Waals surface area contributed by atoms with Crippen molar-refractivity contribution in [2.24, 2.45) is 0 Å². The summed E-state index contributed by atoms with van der Waals surface area (Å²) >= 11 is 0. The van der Waals surface area contributed by atoms with Crippen molar-refractivity contribution in [2.45, 2.75) is 45.7 Å². The Kier molecular flexibility index (Phi) is 11.5. The fraction of sp³-hybridized carbons (Fsp3) is 0.400. The van der Waals surface area contributed by atoms with Crippen molar-refractivity contribution in [3.05, 3.63) is 83.9 Å². The molecule has 0 aliphatic rings. The minimum atomic E-state index is -0.875. The summed E-state index contributed by atoms with van der Waals surface area (Å²) in [7, 11) is 4.10. The zero-order chi connectivity index (χ0) is 23.4. The lowest BCUT2D eigenvalue weighted by atomic mass is 10.1. The van der Waals surface area contributed by atoms with Crippen molar-refractivity contribution in [3.8, 4) is 0 Å². The Hall–Kier alpha value is -2.73. The zero-order valence-electron chi connectivity index (χ0n) is 19.1. The third kappa shape index (κ3) is 8.89. The number of carbonyl (C=O) groups is 1. The molecule has 0 spiro atoms. The Morgan fingerprint density at radius 1 is 1.26 bits per heavy atom. The van der Waals surface area contributed by atoms with Crippen LogP contribution in [0.4, 0.5) is 8.78 Å². The second-order valence-electron chi connectivity index (χ2n) is 7.74. The first-order valence-electron chi connectivity index (χ1n) is 10.5. The standard InChI is InChI=1S/C25H35F2N3O/c1-7-9-10-23(29(5)6)18-30(22(8-2)13-14-31)17-19(3)20(4)28-16-21-11-12-24(26)25(27)15-21/h8,11-15,17,23,28H,2,4,7,9-10,16,18H2,1,3,5-6H3/b19-17+,22-13-. The minimum absolute atomic E-state index is 0.294. The maximum Gasteiger partial charge on any atom is 0.159 e. The fourth-order valence-corrected chi connectivity index (χ4v) is 3.07. The normalized spacial score (nSPS) is 13.1. The highest BCUT2D eigenvalue weighted by molar-refractivity contribution is 5.67. The Morgan fingerprint density at radius 3 is 2.52 bits per heavy atom. The van der Waals surface area contributed by atoms with Gasteiger partial charge in [-0.15, -0.1) is 0 Å². The van der Waals surface area contributed by atoms with Crippen LogP contribution in [0.5, 0.6) is 0 Å². The van der Waals surface area contributed by atoms with E-state index in [-0.39, 0.29) is 0 Å². The molecule has 0 saturated carbocycles. The molecule has 0 aliphatic carbocycles. The summed E-state index contributed by atoms with van der Waals surface area (Å²) in [5.41, 5.74) is 2.82. The van der Waals surface area contributed by atoms with Crippen LogP contribution in [0.25, 0.3) is 0 Å². The summed E-state index contributed by atoms with van der Waals surface area (Å²) < 4.78 is 26.5. The van der Waals surface area contributed by atoms with E-state index in [2.05, 4.69) is 44.4 Å². The van der Waals surface area contributed by atoms with Crippen LogP contribution >= 0.6 is 0 Å². The fourth-order valence-electron chi connectivity index (χ4n) is 3.07. The van der Waals surface area contributed by atoms with Crippen LogP contribution in [-0.2, 0) is 11.3 Å². The quantitative estimate of drug-likeness (QED) is 0.251. The molecule has 0 bridgehead atoms. The number of carbonyl (C=O) groups excluding carboxylic acids is 1. The lowest BCUT2D eigenvalue weighted by Gasteiger charge is -2.32. The molecule has 31 heavy (non-hydrogen) atoms. The predicted octanol–water partition coefficient (Wildman–Crippen LogP) is 5.16. The average Bonchev–Trinajstić information content (AvgIpc) is 2.74. The maximum atomic E-state index is 13.4. The second kappa shape index (κ2) is 13.5. The molecular weight excluding hydrogens is 396 g/mol. The molecule has 0 radical (unpaired) electrons. The topological polar surface area (TPSA) is 35.6 Å². The minimum Gasteiger partial charge on any atom is -0.381 e. The number of hydrogen-bond acceptors (Lipinski definition) is 4. The van der Waals surface area contributed by atoms with Crippen LogP contribution in [0.1, 0.15) is 38.7 Å². The number of aldehydes is 1. The molecule has 6 heteroatoms. The third-order valence-corrected chi connectivity index (χ3v) is 5.12. The van der Waals surface area contributed by atoms with E-state index in [9.17, 15) is 13.6 Å². The first kappa shape index (κ1) is 26.3. The molecule has 1 aromatic rings.